The van der Waals surface area contributed by atoms with Crippen LogP contribution in [0.2, 0.25) is 5.02 Å². The summed E-state index contributed by atoms with van der Waals surface area (Å²) in [5.74, 6) is -2.13. The van der Waals surface area contributed by atoms with E-state index >= 15 is 0 Å². The number of alkyl halides is 3. The van der Waals surface area contributed by atoms with E-state index in [2.05, 4.69) is 10.1 Å². The second-order valence-corrected chi connectivity index (χ2v) is 8.55. The molecule has 1 aliphatic rings. The van der Waals surface area contributed by atoms with Crippen LogP contribution >= 0.6 is 11.6 Å². The molecule has 36 heavy (non-hydrogen) atoms. The van der Waals surface area contributed by atoms with Crippen molar-refractivity contribution < 1.29 is 27.5 Å². The zero-order valence-corrected chi connectivity index (χ0v) is 19.7. The Bertz CT molecular complexity index is 1320. The van der Waals surface area contributed by atoms with E-state index in [0.29, 0.717) is 11.6 Å². The van der Waals surface area contributed by atoms with Crippen molar-refractivity contribution in [1.82, 2.24) is 9.88 Å². The summed E-state index contributed by atoms with van der Waals surface area (Å²) < 4.78 is 42.6. The third kappa shape index (κ3) is 5.38. The predicted octanol–water partition coefficient (Wildman–Crippen LogP) is 4.35. The average molecular weight is 520 g/mol. The number of hydrogen-bond acceptors (Lipinski definition) is 4. The fraction of sp³-hybridized carbons (Fsp3) is 0.240. The normalized spacial score (nSPS) is 17.8. The lowest BCUT2D eigenvalue weighted by molar-refractivity contribution is -0.274. The van der Waals surface area contributed by atoms with Crippen LogP contribution in [-0.4, -0.2) is 35.3 Å². The summed E-state index contributed by atoms with van der Waals surface area (Å²) in [5, 5.41) is 3.18. The lowest BCUT2D eigenvalue weighted by Crippen LogP contribution is -2.44. The van der Waals surface area contributed by atoms with Gasteiger partial charge in [0.25, 0.3) is 11.5 Å². The third-order valence-electron chi connectivity index (χ3n) is 5.88. The van der Waals surface area contributed by atoms with Gasteiger partial charge in [0.1, 0.15) is 17.5 Å². The third-order valence-corrected chi connectivity index (χ3v) is 6.13. The van der Waals surface area contributed by atoms with Crippen LogP contribution in [0.15, 0.2) is 71.7 Å². The maximum Gasteiger partial charge on any atom is 0.573 e. The van der Waals surface area contributed by atoms with Gasteiger partial charge in [0.05, 0.1) is 0 Å². The van der Waals surface area contributed by atoms with Crippen molar-refractivity contribution >= 4 is 29.1 Å². The van der Waals surface area contributed by atoms with Crippen molar-refractivity contribution in [2.75, 3.05) is 11.4 Å². The molecule has 0 aliphatic carbocycles. The largest absolute Gasteiger partial charge is 0.573 e. The summed E-state index contributed by atoms with van der Waals surface area (Å²) in [6.45, 7) is 2.36. The molecule has 0 spiro atoms. The maximum atomic E-state index is 13.5. The van der Waals surface area contributed by atoms with Crippen molar-refractivity contribution in [3.8, 4) is 5.75 Å². The number of aromatic nitrogens is 1. The number of pyridine rings is 1. The molecule has 2 atom stereocenters. The summed E-state index contributed by atoms with van der Waals surface area (Å²) in [7, 11) is 0. The topological polar surface area (TPSA) is 80.6 Å². The minimum absolute atomic E-state index is 0.0404. The molecule has 1 saturated heterocycles. The van der Waals surface area contributed by atoms with E-state index in [9.17, 15) is 27.6 Å². The Morgan fingerprint density at radius 3 is 2.36 bits per heavy atom. The standard InChI is InChI=1S/C25H21ClF3N3O4/c1-2-31-13-3-4-20(23(31)34)32-14-19(15-5-9-17(26)10-6-15)21(24(32)35)30-22(33)16-7-11-18(12-8-16)36-25(27,28)29/h3-13,19,21H,2,14H2,1H3,(H,30,33)/t19-,21?/m0/s1. The number of nitrogens with one attached hydrogen (secondary N) is 1. The molecule has 0 saturated carbocycles. The summed E-state index contributed by atoms with van der Waals surface area (Å²) in [6.07, 6.45) is -3.24. The number of carbonyl (C=O) groups is 2. The highest BCUT2D eigenvalue weighted by Crippen LogP contribution is 2.32. The molecule has 1 fully saturated rings. The highest BCUT2D eigenvalue weighted by atomic mass is 35.5. The highest BCUT2D eigenvalue weighted by molar-refractivity contribution is 6.30. The first-order valence-electron chi connectivity index (χ1n) is 11.0. The molecular weight excluding hydrogens is 499 g/mol. The number of anilines is 1. The second kappa shape index (κ2) is 10.1. The minimum atomic E-state index is -4.86. The molecule has 7 nitrogen and oxygen atoms in total. The molecule has 188 valence electrons. The predicted molar refractivity (Wildman–Crippen MR) is 127 cm³/mol. The van der Waals surface area contributed by atoms with Crippen molar-refractivity contribution in [3.05, 3.63) is 93.4 Å². The van der Waals surface area contributed by atoms with Crippen molar-refractivity contribution in [2.24, 2.45) is 0 Å². The second-order valence-electron chi connectivity index (χ2n) is 8.11. The van der Waals surface area contributed by atoms with E-state index in [0.717, 1.165) is 17.7 Å². The van der Waals surface area contributed by atoms with Gasteiger partial charge in [-0.05, 0) is 61.0 Å². The van der Waals surface area contributed by atoms with E-state index in [1.807, 2.05) is 6.92 Å². The Morgan fingerprint density at radius 2 is 1.75 bits per heavy atom. The van der Waals surface area contributed by atoms with E-state index in [4.69, 9.17) is 11.6 Å². The molecule has 0 radical (unpaired) electrons. The van der Waals surface area contributed by atoms with Gasteiger partial charge < -0.3 is 19.5 Å². The van der Waals surface area contributed by atoms with Gasteiger partial charge >= 0.3 is 6.36 Å². The molecule has 1 N–H and O–H groups in total. The van der Waals surface area contributed by atoms with Gasteiger partial charge in [-0.25, -0.2) is 0 Å². The first kappa shape index (κ1) is 25.3. The zero-order valence-electron chi connectivity index (χ0n) is 19.0. The first-order chi connectivity index (χ1) is 17.1. The summed E-state index contributed by atoms with van der Waals surface area (Å²) in [4.78, 5) is 40.7. The molecule has 2 amide bonds. The molecule has 4 rings (SSSR count). The van der Waals surface area contributed by atoms with Gasteiger partial charge in [-0.1, -0.05) is 23.7 Å². The molecule has 0 bridgehead atoms. The minimum Gasteiger partial charge on any atom is -0.406 e. The molecule has 2 aromatic carbocycles. The van der Waals surface area contributed by atoms with Crippen LogP contribution in [-0.2, 0) is 11.3 Å². The maximum absolute atomic E-state index is 13.5. The number of amides is 2. The molecule has 1 aliphatic heterocycles. The summed E-state index contributed by atoms with van der Waals surface area (Å²) in [6, 6.07) is 13.4. The summed E-state index contributed by atoms with van der Waals surface area (Å²) in [5.41, 5.74) is 0.615. The van der Waals surface area contributed by atoms with E-state index in [1.165, 1.54) is 21.6 Å². The van der Waals surface area contributed by atoms with Crippen molar-refractivity contribution in [1.29, 1.82) is 0 Å². The van der Waals surface area contributed by atoms with E-state index in [-0.39, 0.29) is 23.4 Å². The molecule has 3 aromatic rings. The SMILES string of the molecule is CCn1cccc(N2C[C@@H](c3ccc(Cl)cc3)C(NC(=O)c3ccc(OC(F)(F)F)cc3)C2=O)c1=O. The van der Waals surface area contributed by atoms with Gasteiger partial charge in [-0.15, -0.1) is 13.2 Å². The first-order valence-corrected chi connectivity index (χ1v) is 11.4. The van der Waals surface area contributed by atoms with Crippen molar-refractivity contribution in [2.45, 2.75) is 31.8 Å². The number of nitrogens with zero attached hydrogens (tertiary/aromatic N) is 2. The fourth-order valence-corrected chi connectivity index (χ4v) is 4.26. The Kier molecular flexibility index (Phi) is 7.07. The monoisotopic (exact) mass is 519 g/mol. The molecular formula is C25H21ClF3N3O4. The number of benzene rings is 2. The van der Waals surface area contributed by atoms with Crippen molar-refractivity contribution in [3.63, 3.8) is 0 Å². The molecule has 1 aromatic heterocycles. The number of carbonyl (C=O) groups excluding carboxylic acids is 2. The van der Waals surface area contributed by atoms with Crippen LogP contribution in [0.1, 0.15) is 28.8 Å². The molecule has 11 heteroatoms. The lowest BCUT2D eigenvalue weighted by Gasteiger charge is -2.19. The van der Waals surface area contributed by atoms with Crippen LogP contribution in [0.5, 0.6) is 5.75 Å². The zero-order chi connectivity index (χ0) is 26.0. The lowest BCUT2D eigenvalue weighted by atomic mass is 9.94. The quantitative estimate of drug-likeness (QED) is 0.525. The number of rotatable bonds is 6. The van der Waals surface area contributed by atoms with E-state index in [1.54, 1.807) is 42.6 Å². The number of aryl methyl sites for hydroxylation is 1. The number of halogens is 4. The van der Waals surface area contributed by atoms with Crippen LogP contribution in [0.4, 0.5) is 18.9 Å². The van der Waals surface area contributed by atoms with Gasteiger partial charge in [0.15, 0.2) is 0 Å². The Hall–Kier alpha value is -3.79. The Balaban J connectivity index is 1.63. The molecule has 2 heterocycles. The summed E-state index contributed by atoms with van der Waals surface area (Å²) >= 11 is 6.01. The van der Waals surface area contributed by atoms with Gasteiger partial charge in [-0.3, -0.25) is 14.4 Å². The highest BCUT2D eigenvalue weighted by Gasteiger charge is 2.43. The number of ether oxygens (including phenoxy) is 1. The van der Waals surface area contributed by atoms with Crippen LogP contribution in [0.3, 0.4) is 0 Å². The van der Waals surface area contributed by atoms with Crippen LogP contribution in [0.25, 0.3) is 0 Å². The van der Waals surface area contributed by atoms with Gasteiger partial charge in [0.2, 0.25) is 5.91 Å². The Morgan fingerprint density at radius 1 is 1.08 bits per heavy atom. The average Bonchev–Trinajstić information content (AvgIpc) is 3.15. The van der Waals surface area contributed by atoms with Crippen LogP contribution < -0.4 is 20.5 Å². The van der Waals surface area contributed by atoms with Crippen LogP contribution in [0, 0.1) is 0 Å². The van der Waals surface area contributed by atoms with Gasteiger partial charge in [-0.2, -0.15) is 0 Å². The van der Waals surface area contributed by atoms with Gasteiger partial charge in [0, 0.05) is 35.8 Å². The van der Waals surface area contributed by atoms with E-state index < -0.39 is 35.9 Å². The number of hydrogen-bond donors (Lipinski definition) is 1. The fourth-order valence-electron chi connectivity index (χ4n) is 4.13. The molecule has 1 unspecified atom stereocenters. The smallest absolute Gasteiger partial charge is 0.406 e. The Labute approximate surface area is 209 Å².